The van der Waals surface area contributed by atoms with E-state index in [9.17, 15) is 27.9 Å². The summed E-state index contributed by atoms with van der Waals surface area (Å²) in [5, 5.41) is 18.5. The second-order valence-electron chi connectivity index (χ2n) is 10.8. The quantitative estimate of drug-likeness (QED) is 0.204. The lowest BCUT2D eigenvalue weighted by molar-refractivity contribution is -0.267. The van der Waals surface area contributed by atoms with Gasteiger partial charge in [0.05, 0.1) is 0 Å². The summed E-state index contributed by atoms with van der Waals surface area (Å²) in [4.78, 5) is 28.9. The lowest BCUT2D eigenvalue weighted by atomic mass is 9.90. The Labute approximate surface area is 235 Å². The van der Waals surface area contributed by atoms with Crippen LogP contribution in [0.5, 0.6) is 0 Å². The van der Waals surface area contributed by atoms with E-state index in [0.29, 0.717) is 10.8 Å². The Morgan fingerprint density at radius 1 is 1.03 bits per heavy atom. The Bertz CT molecular complexity index is 1070. The van der Waals surface area contributed by atoms with E-state index in [-0.39, 0.29) is 23.5 Å². The van der Waals surface area contributed by atoms with Gasteiger partial charge >= 0.3 is 18.2 Å². The van der Waals surface area contributed by atoms with Crippen LogP contribution in [0.3, 0.4) is 0 Å². The largest absolute Gasteiger partial charge is 0.458 e. The maximum absolute atomic E-state index is 14.0. The van der Waals surface area contributed by atoms with Crippen LogP contribution in [0.4, 0.5) is 28.8 Å². The highest BCUT2D eigenvalue weighted by Gasteiger charge is 2.54. The molecule has 3 N–H and O–H groups in total. The van der Waals surface area contributed by atoms with E-state index in [0.717, 1.165) is 11.8 Å². The number of halogens is 3. The van der Waals surface area contributed by atoms with Crippen molar-refractivity contribution in [1.82, 2.24) is 10.3 Å². The fraction of sp³-hybridized carbons (Fsp3) is 0.577. The Hall–Kier alpha value is -2.51. The van der Waals surface area contributed by atoms with E-state index in [1.54, 1.807) is 53.1 Å². The number of ether oxygens (including phenoxy) is 2. The number of esters is 1. The minimum absolute atomic E-state index is 0.0530. The number of benzene rings is 1. The van der Waals surface area contributed by atoms with Gasteiger partial charge in [-0.3, -0.25) is 0 Å². The maximum atomic E-state index is 14.0. The molecule has 0 aliphatic heterocycles. The van der Waals surface area contributed by atoms with Crippen LogP contribution < -0.4 is 10.6 Å². The molecule has 1 unspecified atom stereocenters. The van der Waals surface area contributed by atoms with Crippen LogP contribution in [0.15, 0.2) is 35.8 Å². The summed E-state index contributed by atoms with van der Waals surface area (Å²) < 4.78 is 52.5. The molecule has 0 aliphatic carbocycles. The monoisotopic (exact) mass is 591 g/mol. The van der Waals surface area contributed by atoms with Gasteiger partial charge in [-0.2, -0.15) is 24.9 Å². The van der Waals surface area contributed by atoms with Crippen LogP contribution in [-0.4, -0.2) is 57.1 Å². The van der Waals surface area contributed by atoms with Gasteiger partial charge < -0.3 is 25.2 Å². The first-order chi connectivity index (χ1) is 17.9. The van der Waals surface area contributed by atoms with Gasteiger partial charge in [0.1, 0.15) is 17.2 Å². The smallest absolute Gasteiger partial charge is 0.421 e. The molecule has 0 radical (unpaired) electrons. The Balaban J connectivity index is 2.00. The van der Waals surface area contributed by atoms with Crippen molar-refractivity contribution in [3.05, 3.63) is 41.4 Å². The molecule has 0 bridgehead atoms. The lowest BCUT2D eigenvalue weighted by Gasteiger charge is -2.31. The second kappa shape index (κ2) is 13.2. The fourth-order valence-electron chi connectivity index (χ4n) is 3.28. The molecule has 0 saturated heterocycles. The molecule has 0 aliphatic rings. The van der Waals surface area contributed by atoms with Crippen molar-refractivity contribution in [1.29, 1.82) is 0 Å². The summed E-state index contributed by atoms with van der Waals surface area (Å²) in [5.41, 5.74) is -4.38. The number of thiazole rings is 1. The van der Waals surface area contributed by atoms with Crippen LogP contribution in [0, 0.1) is 0 Å². The molecule has 8 nitrogen and oxygen atoms in total. The average molecular weight is 592 g/mol. The molecular weight excluding hydrogens is 555 g/mol. The van der Waals surface area contributed by atoms with Gasteiger partial charge in [-0.25, -0.2) is 14.6 Å². The fourth-order valence-corrected chi connectivity index (χ4v) is 4.88. The first-order valence-corrected chi connectivity index (χ1v) is 14.3. The number of carbonyl (C=O) groups excluding carboxylic acids is 2. The minimum Gasteiger partial charge on any atom is -0.458 e. The standard InChI is InChI=1S/C26H36F3N3O5S2/c1-23(2,3)36-20(33)19(32-22(34)37-24(4,5)6)11-14-38-15-12-25(35,26(27,28)29)17-7-9-18(10-8-17)31-21-30-13-16-39-21/h7-10,13,16,19,35H,11-12,14-15H2,1-6H3,(H,30,31)(H,32,34)/t19-,25?/m0/s1. The molecule has 2 aromatic rings. The Morgan fingerprint density at radius 2 is 1.64 bits per heavy atom. The third kappa shape index (κ3) is 10.9. The SMILES string of the molecule is CC(C)(C)OC(=O)N[C@@H](CCSCCC(O)(c1ccc(Nc2nccs2)cc1)C(F)(F)F)C(=O)OC(C)(C)C. The van der Waals surface area contributed by atoms with Crippen molar-refractivity contribution in [2.75, 3.05) is 16.8 Å². The Morgan fingerprint density at radius 3 is 2.15 bits per heavy atom. The number of thioether (sulfide) groups is 1. The topological polar surface area (TPSA) is 110 Å². The maximum Gasteiger partial charge on any atom is 0.421 e. The number of alkyl carbamates (subject to hydrolysis) is 1. The summed E-state index contributed by atoms with van der Waals surface area (Å²) in [6.45, 7) is 10.1. The number of aromatic nitrogens is 1. The molecule has 1 aromatic heterocycles. The normalized spacial score (nSPS) is 14.7. The summed E-state index contributed by atoms with van der Waals surface area (Å²) in [6, 6.07) is 4.32. The van der Waals surface area contributed by atoms with Crippen LogP contribution in [0.2, 0.25) is 0 Å². The molecule has 1 aromatic carbocycles. The highest BCUT2D eigenvalue weighted by molar-refractivity contribution is 7.99. The van der Waals surface area contributed by atoms with Crippen molar-refractivity contribution in [2.45, 2.75) is 83.4 Å². The number of nitrogens with one attached hydrogen (secondary N) is 2. The van der Waals surface area contributed by atoms with E-state index < -0.39 is 47.5 Å². The number of hydrogen-bond donors (Lipinski definition) is 3. The number of rotatable bonds is 11. The van der Waals surface area contributed by atoms with Crippen molar-refractivity contribution in [3.63, 3.8) is 0 Å². The molecule has 218 valence electrons. The van der Waals surface area contributed by atoms with Gasteiger partial charge in [-0.05, 0) is 83.6 Å². The van der Waals surface area contributed by atoms with Gasteiger partial charge in [0.25, 0.3) is 0 Å². The number of nitrogens with zero attached hydrogens (tertiary/aromatic N) is 1. The molecule has 1 heterocycles. The zero-order chi connectivity index (χ0) is 29.5. The van der Waals surface area contributed by atoms with Crippen LogP contribution in [-0.2, 0) is 19.9 Å². The van der Waals surface area contributed by atoms with Gasteiger partial charge in [-0.15, -0.1) is 11.3 Å². The first kappa shape index (κ1) is 32.7. The number of carbonyl (C=O) groups is 2. The zero-order valence-corrected chi connectivity index (χ0v) is 24.5. The van der Waals surface area contributed by atoms with Crippen LogP contribution in [0.1, 0.15) is 59.9 Å². The molecule has 1 amide bonds. The molecule has 0 saturated carbocycles. The van der Waals surface area contributed by atoms with E-state index in [1.807, 2.05) is 0 Å². The highest BCUT2D eigenvalue weighted by Crippen LogP contribution is 2.42. The van der Waals surface area contributed by atoms with Crippen LogP contribution >= 0.6 is 23.1 Å². The highest BCUT2D eigenvalue weighted by atomic mass is 32.2. The van der Waals surface area contributed by atoms with E-state index >= 15 is 0 Å². The van der Waals surface area contributed by atoms with Gasteiger partial charge in [0.2, 0.25) is 0 Å². The van der Waals surface area contributed by atoms with E-state index in [2.05, 4.69) is 15.6 Å². The molecule has 39 heavy (non-hydrogen) atoms. The molecule has 13 heteroatoms. The molecule has 2 rings (SSSR count). The molecular formula is C26H36F3N3O5S2. The number of alkyl halides is 3. The Kier molecular flexibility index (Phi) is 11.1. The average Bonchev–Trinajstić information content (AvgIpc) is 3.28. The first-order valence-electron chi connectivity index (χ1n) is 12.3. The number of anilines is 2. The zero-order valence-electron chi connectivity index (χ0n) is 22.8. The summed E-state index contributed by atoms with van der Waals surface area (Å²) in [5.74, 6) is -0.500. The molecule has 0 spiro atoms. The number of amides is 1. The van der Waals surface area contributed by atoms with Crippen molar-refractivity contribution < 1.29 is 37.3 Å². The van der Waals surface area contributed by atoms with Gasteiger partial charge in [0, 0.05) is 17.3 Å². The van der Waals surface area contributed by atoms with Crippen molar-refractivity contribution in [3.8, 4) is 0 Å². The predicted molar refractivity (Wildman–Crippen MR) is 147 cm³/mol. The van der Waals surface area contributed by atoms with Crippen molar-refractivity contribution >= 4 is 46.0 Å². The van der Waals surface area contributed by atoms with Gasteiger partial charge in [-0.1, -0.05) is 12.1 Å². The van der Waals surface area contributed by atoms with E-state index in [4.69, 9.17) is 9.47 Å². The molecule has 0 fully saturated rings. The number of aliphatic hydroxyl groups is 1. The third-order valence-corrected chi connectivity index (χ3v) is 6.76. The lowest BCUT2D eigenvalue weighted by Crippen LogP contribution is -2.46. The van der Waals surface area contributed by atoms with Crippen LogP contribution in [0.25, 0.3) is 0 Å². The second-order valence-corrected chi connectivity index (χ2v) is 12.9. The van der Waals surface area contributed by atoms with Gasteiger partial charge in [0.15, 0.2) is 10.7 Å². The summed E-state index contributed by atoms with van der Waals surface area (Å²) >= 11 is 2.47. The predicted octanol–water partition coefficient (Wildman–Crippen LogP) is 6.39. The van der Waals surface area contributed by atoms with Crippen molar-refractivity contribution in [2.24, 2.45) is 0 Å². The summed E-state index contributed by atoms with van der Waals surface area (Å²) in [7, 11) is 0. The molecule has 2 atom stereocenters. The summed E-state index contributed by atoms with van der Waals surface area (Å²) in [6.07, 6.45) is -4.61. The number of hydrogen-bond acceptors (Lipinski definition) is 9. The minimum atomic E-state index is -4.91. The van der Waals surface area contributed by atoms with E-state index in [1.165, 1.54) is 35.6 Å². The third-order valence-electron chi connectivity index (χ3n) is 5.06.